The number of amides is 1. The number of benzene rings is 1. The molecule has 0 aliphatic rings. The zero-order valence-corrected chi connectivity index (χ0v) is 8.80. The summed E-state index contributed by atoms with van der Waals surface area (Å²) in [4.78, 5) is 10.9. The highest BCUT2D eigenvalue weighted by Gasteiger charge is 2.09. The maximum Gasteiger partial charge on any atom is 0.251 e. The van der Waals surface area contributed by atoms with Crippen LogP contribution < -0.4 is 5.73 Å². The third-order valence-electron chi connectivity index (χ3n) is 2.31. The molecule has 1 aromatic carbocycles. The van der Waals surface area contributed by atoms with Gasteiger partial charge in [0.2, 0.25) is 0 Å². The molecule has 0 fully saturated rings. The number of hydrogen-bond acceptors (Lipinski definition) is 3. The highest BCUT2D eigenvalue weighted by atomic mass is 19.1. The van der Waals surface area contributed by atoms with Crippen molar-refractivity contribution in [3.05, 3.63) is 47.5 Å². The van der Waals surface area contributed by atoms with Crippen LogP contribution in [0.3, 0.4) is 0 Å². The Bertz CT molecular complexity index is 566. The van der Waals surface area contributed by atoms with Crippen LogP contribution in [-0.4, -0.2) is 20.8 Å². The van der Waals surface area contributed by atoms with Crippen molar-refractivity contribution in [2.75, 3.05) is 0 Å². The zero-order valence-electron chi connectivity index (χ0n) is 8.80. The van der Waals surface area contributed by atoms with Crippen molar-refractivity contribution in [3.8, 4) is 5.69 Å². The van der Waals surface area contributed by atoms with E-state index in [4.69, 9.17) is 10.8 Å². The van der Waals surface area contributed by atoms with Crippen LogP contribution in [0.1, 0.15) is 15.9 Å². The SMILES string of the molecule is NC(=O)c1cnn(-c2ccc(CO)cc2F)c1. The summed E-state index contributed by atoms with van der Waals surface area (Å²) in [5.41, 5.74) is 5.93. The van der Waals surface area contributed by atoms with E-state index in [1.54, 1.807) is 6.07 Å². The Morgan fingerprint density at radius 2 is 2.29 bits per heavy atom. The number of hydrogen-bond donors (Lipinski definition) is 2. The van der Waals surface area contributed by atoms with Gasteiger partial charge in [0.05, 0.1) is 18.4 Å². The number of aromatic nitrogens is 2. The molecule has 5 nitrogen and oxygen atoms in total. The van der Waals surface area contributed by atoms with Crippen LogP contribution in [0, 0.1) is 5.82 Å². The number of aliphatic hydroxyl groups is 1. The lowest BCUT2D eigenvalue weighted by molar-refractivity contribution is 0.100. The third-order valence-corrected chi connectivity index (χ3v) is 2.31. The van der Waals surface area contributed by atoms with Crippen LogP contribution in [0.15, 0.2) is 30.6 Å². The van der Waals surface area contributed by atoms with E-state index in [0.29, 0.717) is 5.56 Å². The van der Waals surface area contributed by atoms with Gasteiger partial charge in [0.1, 0.15) is 11.5 Å². The molecule has 88 valence electrons. The van der Waals surface area contributed by atoms with Crippen LogP contribution in [0.5, 0.6) is 0 Å². The molecule has 0 unspecified atom stereocenters. The van der Waals surface area contributed by atoms with Crippen molar-refractivity contribution in [2.24, 2.45) is 5.73 Å². The van der Waals surface area contributed by atoms with Gasteiger partial charge in [0, 0.05) is 6.20 Å². The van der Waals surface area contributed by atoms with Gasteiger partial charge in [0.25, 0.3) is 5.91 Å². The first kappa shape index (κ1) is 11.3. The highest BCUT2D eigenvalue weighted by molar-refractivity contribution is 5.92. The van der Waals surface area contributed by atoms with Gasteiger partial charge >= 0.3 is 0 Å². The molecule has 2 aromatic rings. The Hall–Kier alpha value is -2.21. The molecular weight excluding hydrogens is 225 g/mol. The molecule has 0 aliphatic heterocycles. The lowest BCUT2D eigenvalue weighted by Gasteiger charge is -2.04. The van der Waals surface area contributed by atoms with Crippen molar-refractivity contribution in [2.45, 2.75) is 6.61 Å². The molecule has 3 N–H and O–H groups in total. The first-order valence-corrected chi connectivity index (χ1v) is 4.86. The van der Waals surface area contributed by atoms with Gasteiger partial charge < -0.3 is 10.8 Å². The summed E-state index contributed by atoms with van der Waals surface area (Å²) in [6.45, 7) is -0.233. The second-order valence-corrected chi connectivity index (χ2v) is 3.48. The average Bonchev–Trinajstić information content (AvgIpc) is 2.78. The number of carbonyl (C=O) groups excluding carboxylic acids is 1. The Balaban J connectivity index is 2.42. The molecule has 0 saturated carbocycles. The van der Waals surface area contributed by atoms with Crippen LogP contribution in [0.4, 0.5) is 4.39 Å². The van der Waals surface area contributed by atoms with E-state index in [9.17, 15) is 9.18 Å². The number of primary amides is 1. The number of rotatable bonds is 3. The Morgan fingerprint density at radius 3 is 2.82 bits per heavy atom. The smallest absolute Gasteiger partial charge is 0.251 e. The summed E-state index contributed by atoms with van der Waals surface area (Å²) in [6.07, 6.45) is 2.61. The summed E-state index contributed by atoms with van der Waals surface area (Å²) >= 11 is 0. The summed E-state index contributed by atoms with van der Waals surface area (Å²) in [6, 6.07) is 4.25. The zero-order chi connectivity index (χ0) is 12.4. The van der Waals surface area contributed by atoms with E-state index in [-0.39, 0.29) is 17.9 Å². The van der Waals surface area contributed by atoms with E-state index in [2.05, 4.69) is 5.10 Å². The molecule has 2 rings (SSSR count). The molecule has 0 radical (unpaired) electrons. The quantitative estimate of drug-likeness (QED) is 0.817. The number of carbonyl (C=O) groups is 1. The average molecular weight is 235 g/mol. The van der Waals surface area contributed by atoms with Crippen LogP contribution in [-0.2, 0) is 6.61 Å². The van der Waals surface area contributed by atoms with Gasteiger partial charge in [-0.25, -0.2) is 9.07 Å². The minimum atomic E-state index is -0.622. The van der Waals surface area contributed by atoms with Crippen LogP contribution >= 0.6 is 0 Å². The molecule has 0 spiro atoms. The maximum atomic E-state index is 13.6. The van der Waals surface area contributed by atoms with Crippen molar-refractivity contribution in [1.29, 1.82) is 0 Å². The van der Waals surface area contributed by atoms with Crippen LogP contribution in [0.2, 0.25) is 0 Å². The largest absolute Gasteiger partial charge is 0.392 e. The van der Waals surface area contributed by atoms with Gasteiger partial charge in [-0.3, -0.25) is 4.79 Å². The first-order chi connectivity index (χ1) is 8.11. The predicted molar refractivity (Wildman–Crippen MR) is 58.0 cm³/mol. The molecule has 1 amide bonds. The molecular formula is C11H10FN3O2. The number of nitrogens with zero attached hydrogens (tertiary/aromatic N) is 2. The number of nitrogens with two attached hydrogens (primary N) is 1. The summed E-state index contributed by atoms with van der Waals surface area (Å²) in [5, 5.41) is 12.7. The van der Waals surface area contributed by atoms with Gasteiger partial charge in [-0.15, -0.1) is 0 Å². The highest BCUT2D eigenvalue weighted by Crippen LogP contribution is 2.15. The Labute approximate surface area is 96.3 Å². The minimum absolute atomic E-state index is 0.190. The van der Waals surface area contributed by atoms with Gasteiger partial charge in [-0.2, -0.15) is 5.10 Å². The maximum absolute atomic E-state index is 13.6. The molecule has 6 heteroatoms. The second-order valence-electron chi connectivity index (χ2n) is 3.48. The number of halogens is 1. The van der Waals surface area contributed by atoms with E-state index in [0.717, 1.165) is 0 Å². The van der Waals surface area contributed by atoms with E-state index in [1.165, 1.54) is 29.2 Å². The standard InChI is InChI=1S/C11H10FN3O2/c12-9-3-7(6-16)1-2-10(9)15-5-8(4-14-15)11(13)17/h1-5,16H,6H2,(H2,13,17). The molecule has 0 bridgehead atoms. The van der Waals surface area contributed by atoms with Gasteiger partial charge in [-0.05, 0) is 17.7 Å². The lowest BCUT2D eigenvalue weighted by atomic mass is 10.2. The van der Waals surface area contributed by atoms with Gasteiger partial charge in [0.15, 0.2) is 0 Å². The molecule has 1 heterocycles. The van der Waals surface area contributed by atoms with E-state index in [1.807, 2.05) is 0 Å². The normalized spacial score (nSPS) is 10.5. The summed E-state index contributed by atoms with van der Waals surface area (Å²) in [7, 11) is 0. The molecule has 0 aliphatic carbocycles. The van der Waals surface area contributed by atoms with Crippen LogP contribution in [0.25, 0.3) is 5.69 Å². The fourth-order valence-corrected chi connectivity index (χ4v) is 1.42. The first-order valence-electron chi connectivity index (χ1n) is 4.86. The minimum Gasteiger partial charge on any atom is -0.392 e. The number of aliphatic hydroxyl groups excluding tert-OH is 1. The third kappa shape index (κ3) is 2.16. The van der Waals surface area contributed by atoms with Gasteiger partial charge in [-0.1, -0.05) is 6.07 Å². The monoisotopic (exact) mass is 235 g/mol. The lowest BCUT2D eigenvalue weighted by Crippen LogP contribution is -2.09. The summed E-state index contributed by atoms with van der Waals surface area (Å²) < 4.78 is 14.9. The molecule has 1 aromatic heterocycles. The fourth-order valence-electron chi connectivity index (χ4n) is 1.42. The van der Waals surface area contributed by atoms with Crippen molar-refractivity contribution in [3.63, 3.8) is 0 Å². The second kappa shape index (κ2) is 4.34. The predicted octanol–water partition coefficient (Wildman–Crippen LogP) is 0.603. The topological polar surface area (TPSA) is 81.1 Å². The van der Waals surface area contributed by atoms with Crippen molar-refractivity contribution in [1.82, 2.24) is 9.78 Å². The van der Waals surface area contributed by atoms with Crippen molar-refractivity contribution < 1.29 is 14.3 Å². The van der Waals surface area contributed by atoms with Crippen molar-refractivity contribution >= 4 is 5.91 Å². The fraction of sp³-hybridized carbons (Fsp3) is 0.0909. The Kier molecular flexibility index (Phi) is 2.88. The molecule has 17 heavy (non-hydrogen) atoms. The summed E-state index contributed by atoms with van der Waals surface area (Å²) in [5.74, 6) is -1.15. The Morgan fingerprint density at radius 1 is 1.53 bits per heavy atom. The molecule has 0 saturated heterocycles. The van der Waals surface area contributed by atoms with E-state index < -0.39 is 11.7 Å². The van der Waals surface area contributed by atoms with E-state index >= 15 is 0 Å². The molecule has 0 atom stereocenters.